The van der Waals surface area contributed by atoms with Gasteiger partial charge in [-0.2, -0.15) is 0 Å². The Labute approximate surface area is 169 Å². The summed E-state index contributed by atoms with van der Waals surface area (Å²) in [6.07, 6.45) is -0.0635. The Balaban J connectivity index is 1.94. The van der Waals surface area contributed by atoms with Crippen molar-refractivity contribution in [2.75, 3.05) is 10.2 Å². The van der Waals surface area contributed by atoms with Gasteiger partial charge < -0.3 is 15.2 Å². The summed E-state index contributed by atoms with van der Waals surface area (Å²) in [5, 5.41) is 12.2. The van der Waals surface area contributed by atoms with Crippen LogP contribution in [0.5, 0.6) is 5.75 Å². The fraction of sp³-hybridized carbons (Fsp3) is 0.318. The number of nitrogens with zero attached hydrogens (tertiary/aromatic N) is 1. The number of anilines is 2. The van der Waals surface area contributed by atoms with E-state index in [0.29, 0.717) is 5.69 Å². The van der Waals surface area contributed by atoms with Gasteiger partial charge >= 0.3 is 5.97 Å². The first kappa shape index (κ1) is 20.4. The van der Waals surface area contributed by atoms with Crippen molar-refractivity contribution in [2.24, 2.45) is 0 Å². The fourth-order valence-electron chi connectivity index (χ4n) is 3.44. The molecule has 0 spiro atoms. The maximum atomic E-state index is 13.0. The number of carboxylic acid groups (broad SMARTS) is 1. The predicted octanol–water partition coefficient (Wildman–Crippen LogP) is 3.40. The lowest BCUT2D eigenvalue weighted by molar-refractivity contribution is -0.128. The lowest BCUT2D eigenvalue weighted by Crippen LogP contribution is -2.52. The number of nitrogens with one attached hydrogen (secondary N) is 1. The zero-order valence-electron chi connectivity index (χ0n) is 16.9. The number of para-hydroxylation sites is 1. The first-order valence-corrected chi connectivity index (χ1v) is 9.51. The predicted molar refractivity (Wildman–Crippen MR) is 110 cm³/mol. The SMILES string of the molecule is CCc1cccc(C)c1NC(=O)C(C)N1C(=O)C(C)Oc2cc(C(=O)O)ccc21. The van der Waals surface area contributed by atoms with E-state index in [1.807, 2.05) is 32.0 Å². The van der Waals surface area contributed by atoms with Crippen molar-refractivity contribution in [1.82, 2.24) is 0 Å². The van der Waals surface area contributed by atoms with Crippen molar-refractivity contribution in [2.45, 2.75) is 46.3 Å². The van der Waals surface area contributed by atoms with Crippen LogP contribution in [0.4, 0.5) is 11.4 Å². The van der Waals surface area contributed by atoms with E-state index in [0.717, 1.165) is 23.2 Å². The Bertz CT molecular complexity index is 985. The molecule has 7 nitrogen and oxygen atoms in total. The number of hydrogen-bond acceptors (Lipinski definition) is 4. The molecule has 1 aliphatic heterocycles. The van der Waals surface area contributed by atoms with Gasteiger partial charge in [-0.05, 0) is 56.5 Å². The third-order valence-electron chi connectivity index (χ3n) is 5.11. The van der Waals surface area contributed by atoms with Gasteiger partial charge in [0.05, 0.1) is 11.3 Å². The largest absolute Gasteiger partial charge is 0.479 e. The zero-order valence-corrected chi connectivity index (χ0v) is 16.9. The molecule has 2 aromatic rings. The molecule has 2 unspecified atom stereocenters. The van der Waals surface area contributed by atoms with Gasteiger partial charge in [0.25, 0.3) is 5.91 Å². The second-order valence-electron chi connectivity index (χ2n) is 7.08. The van der Waals surface area contributed by atoms with E-state index in [4.69, 9.17) is 4.74 Å². The highest BCUT2D eigenvalue weighted by Crippen LogP contribution is 2.36. The average Bonchev–Trinajstić information content (AvgIpc) is 2.69. The highest BCUT2D eigenvalue weighted by Gasteiger charge is 2.37. The van der Waals surface area contributed by atoms with Gasteiger partial charge in [0.2, 0.25) is 5.91 Å². The smallest absolute Gasteiger partial charge is 0.335 e. The minimum Gasteiger partial charge on any atom is -0.479 e. The van der Waals surface area contributed by atoms with Crippen molar-refractivity contribution < 1.29 is 24.2 Å². The van der Waals surface area contributed by atoms with Gasteiger partial charge in [-0.1, -0.05) is 25.1 Å². The van der Waals surface area contributed by atoms with Crippen LogP contribution in [0.1, 0.15) is 42.3 Å². The molecule has 0 radical (unpaired) electrons. The lowest BCUT2D eigenvalue weighted by Gasteiger charge is -2.36. The van der Waals surface area contributed by atoms with Gasteiger partial charge in [0.1, 0.15) is 11.8 Å². The summed E-state index contributed by atoms with van der Waals surface area (Å²) in [5.74, 6) is -1.51. The molecule has 1 aliphatic rings. The molecule has 2 aromatic carbocycles. The third-order valence-corrected chi connectivity index (χ3v) is 5.11. The van der Waals surface area contributed by atoms with Crippen LogP contribution >= 0.6 is 0 Å². The molecule has 0 bridgehead atoms. The minimum atomic E-state index is -1.09. The molecule has 0 aromatic heterocycles. The van der Waals surface area contributed by atoms with E-state index in [-0.39, 0.29) is 23.1 Å². The van der Waals surface area contributed by atoms with E-state index in [1.54, 1.807) is 13.8 Å². The van der Waals surface area contributed by atoms with Gasteiger partial charge in [-0.3, -0.25) is 14.5 Å². The third kappa shape index (κ3) is 3.81. The number of carboxylic acids is 1. The van der Waals surface area contributed by atoms with E-state index >= 15 is 0 Å². The number of carbonyl (C=O) groups is 3. The van der Waals surface area contributed by atoms with E-state index in [2.05, 4.69) is 5.32 Å². The summed E-state index contributed by atoms with van der Waals surface area (Å²) in [6.45, 7) is 7.15. The Morgan fingerprint density at radius 2 is 2.00 bits per heavy atom. The topological polar surface area (TPSA) is 95.9 Å². The molecule has 2 N–H and O–H groups in total. The van der Waals surface area contributed by atoms with Gasteiger partial charge in [-0.15, -0.1) is 0 Å². The van der Waals surface area contributed by atoms with Crippen LogP contribution in [0, 0.1) is 6.92 Å². The van der Waals surface area contributed by atoms with Crippen molar-refractivity contribution in [3.63, 3.8) is 0 Å². The molecule has 29 heavy (non-hydrogen) atoms. The van der Waals surface area contributed by atoms with Crippen LogP contribution in [-0.2, 0) is 16.0 Å². The van der Waals surface area contributed by atoms with Crippen LogP contribution in [0.15, 0.2) is 36.4 Å². The molecule has 1 heterocycles. The number of rotatable bonds is 5. The monoisotopic (exact) mass is 396 g/mol. The molecule has 2 amide bonds. The molecule has 152 valence electrons. The molecule has 3 rings (SSSR count). The summed E-state index contributed by atoms with van der Waals surface area (Å²) < 4.78 is 5.58. The number of benzene rings is 2. The standard InChI is InChI=1S/C22H24N2O5/c1-5-15-8-6-7-12(2)19(15)23-20(25)13(3)24-17-10-9-16(22(27)28)11-18(17)29-14(4)21(24)26/h6-11,13-14H,5H2,1-4H3,(H,23,25)(H,27,28). The maximum absolute atomic E-state index is 13.0. The number of carbonyl (C=O) groups excluding carboxylic acids is 2. The van der Waals surface area contributed by atoms with Gasteiger partial charge in [0, 0.05) is 5.69 Å². The molecule has 0 aliphatic carbocycles. The van der Waals surface area contributed by atoms with Crippen LogP contribution in [0.25, 0.3) is 0 Å². The summed E-state index contributed by atoms with van der Waals surface area (Å²) >= 11 is 0. The molecule has 0 saturated carbocycles. The fourth-order valence-corrected chi connectivity index (χ4v) is 3.44. The lowest BCUT2D eigenvalue weighted by atomic mass is 10.0. The number of hydrogen-bond donors (Lipinski definition) is 2. The first-order chi connectivity index (χ1) is 13.7. The van der Waals surface area contributed by atoms with E-state index in [9.17, 15) is 19.5 Å². The highest BCUT2D eigenvalue weighted by atomic mass is 16.5. The summed E-state index contributed by atoms with van der Waals surface area (Å²) in [7, 11) is 0. The molecule has 0 fully saturated rings. The minimum absolute atomic E-state index is 0.0508. The Morgan fingerprint density at radius 1 is 1.28 bits per heavy atom. The van der Waals surface area contributed by atoms with Gasteiger partial charge in [-0.25, -0.2) is 4.79 Å². The van der Waals surface area contributed by atoms with Crippen LogP contribution in [0.2, 0.25) is 0 Å². The number of aryl methyl sites for hydroxylation is 2. The molecular weight excluding hydrogens is 372 g/mol. The molecule has 0 saturated heterocycles. The maximum Gasteiger partial charge on any atom is 0.335 e. The second-order valence-corrected chi connectivity index (χ2v) is 7.08. The number of aromatic carboxylic acids is 1. The average molecular weight is 396 g/mol. The van der Waals surface area contributed by atoms with Gasteiger partial charge in [0.15, 0.2) is 6.10 Å². The van der Waals surface area contributed by atoms with Crippen LogP contribution in [-0.4, -0.2) is 35.0 Å². The zero-order chi connectivity index (χ0) is 21.3. The summed E-state index contributed by atoms with van der Waals surface area (Å²) in [4.78, 5) is 38.5. The Morgan fingerprint density at radius 3 is 2.66 bits per heavy atom. The summed E-state index contributed by atoms with van der Waals surface area (Å²) in [6, 6.07) is 9.26. The second kappa shape index (κ2) is 7.95. The Hall–Kier alpha value is -3.35. The number of amides is 2. The highest BCUT2D eigenvalue weighted by molar-refractivity contribution is 6.08. The van der Waals surface area contributed by atoms with Crippen molar-refractivity contribution in [3.05, 3.63) is 53.1 Å². The van der Waals surface area contributed by atoms with Crippen LogP contribution in [0.3, 0.4) is 0 Å². The molecule has 2 atom stereocenters. The number of ether oxygens (including phenoxy) is 1. The van der Waals surface area contributed by atoms with E-state index in [1.165, 1.54) is 23.1 Å². The van der Waals surface area contributed by atoms with Crippen molar-refractivity contribution in [1.29, 1.82) is 0 Å². The first-order valence-electron chi connectivity index (χ1n) is 9.51. The molecular formula is C22H24N2O5. The van der Waals surface area contributed by atoms with Crippen molar-refractivity contribution >= 4 is 29.2 Å². The normalized spacial score (nSPS) is 16.6. The molecule has 7 heteroatoms. The summed E-state index contributed by atoms with van der Waals surface area (Å²) in [5.41, 5.74) is 3.13. The quantitative estimate of drug-likeness (QED) is 0.808. The Kier molecular flexibility index (Phi) is 5.59. The van der Waals surface area contributed by atoms with Crippen molar-refractivity contribution in [3.8, 4) is 5.75 Å². The van der Waals surface area contributed by atoms with Crippen LogP contribution < -0.4 is 15.0 Å². The number of fused-ring (bicyclic) bond motifs is 1. The van der Waals surface area contributed by atoms with E-state index < -0.39 is 18.1 Å².